The van der Waals surface area contributed by atoms with E-state index in [2.05, 4.69) is 10.3 Å². The molecule has 2 N–H and O–H groups in total. The quantitative estimate of drug-likeness (QED) is 0.729. The van der Waals surface area contributed by atoms with Gasteiger partial charge in [-0.1, -0.05) is 6.07 Å². The van der Waals surface area contributed by atoms with Crippen molar-refractivity contribution in [2.24, 2.45) is 5.92 Å². The van der Waals surface area contributed by atoms with E-state index in [9.17, 15) is 9.59 Å². The van der Waals surface area contributed by atoms with Crippen molar-refractivity contribution in [1.82, 2.24) is 9.88 Å². The Morgan fingerprint density at radius 2 is 2.07 bits per heavy atom. The van der Waals surface area contributed by atoms with Crippen molar-refractivity contribution in [3.8, 4) is 5.75 Å². The molecule has 1 saturated heterocycles. The van der Waals surface area contributed by atoms with Gasteiger partial charge in [0.25, 0.3) is 5.91 Å². The molecule has 0 saturated carbocycles. The van der Waals surface area contributed by atoms with Crippen LogP contribution in [-0.4, -0.2) is 41.9 Å². The van der Waals surface area contributed by atoms with E-state index in [1.54, 1.807) is 18.1 Å². The highest BCUT2D eigenvalue weighted by Crippen LogP contribution is 2.23. The van der Waals surface area contributed by atoms with E-state index in [4.69, 9.17) is 4.74 Å². The second-order valence-electron chi connectivity index (χ2n) is 7.09. The topological polar surface area (TPSA) is 74.4 Å². The average Bonchev–Trinajstić information content (AvgIpc) is 3.21. The molecule has 1 aromatic heterocycles. The van der Waals surface area contributed by atoms with Gasteiger partial charge < -0.3 is 19.9 Å². The number of methoxy groups -OCH3 is 1. The van der Waals surface area contributed by atoms with Gasteiger partial charge in [-0.05, 0) is 49.2 Å². The molecule has 3 aromatic rings. The second-order valence-corrected chi connectivity index (χ2v) is 7.09. The molecule has 144 valence electrons. The Morgan fingerprint density at radius 1 is 1.18 bits per heavy atom. The maximum atomic E-state index is 12.9. The van der Waals surface area contributed by atoms with Gasteiger partial charge in [0.2, 0.25) is 5.91 Å². The van der Waals surface area contributed by atoms with Crippen molar-refractivity contribution in [1.29, 1.82) is 0 Å². The number of rotatable bonds is 4. The molecule has 6 heteroatoms. The summed E-state index contributed by atoms with van der Waals surface area (Å²) in [5, 5.41) is 3.95. The van der Waals surface area contributed by atoms with Crippen LogP contribution in [0.4, 0.5) is 5.69 Å². The minimum absolute atomic E-state index is 0.0259. The number of fused-ring (bicyclic) bond motifs is 1. The molecular weight excluding hydrogens is 354 g/mol. The number of carbonyl (C=O) groups is 2. The van der Waals surface area contributed by atoms with Gasteiger partial charge in [0.1, 0.15) is 5.75 Å². The number of ether oxygens (including phenoxy) is 1. The van der Waals surface area contributed by atoms with Gasteiger partial charge in [-0.3, -0.25) is 9.59 Å². The molecule has 0 spiro atoms. The maximum Gasteiger partial charge on any atom is 0.253 e. The summed E-state index contributed by atoms with van der Waals surface area (Å²) in [7, 11) is 1.59. The third-order valence-electron chi connectivity index (χ3n) is 5.22. The minimum Gasteiger partial charge on any atom is -0.497 e. The van der Waals surface area contributed by atoms with E-state index in [1.807, 2.05) is 48.7 Å². The Balaban J connectivity index is 1.44. The van der Waals surface area contributed by atoms with Crippen LogP contribution in [0, 0.1) is 5.92 Å². The van der Waals surface area contributed by atoms with Crippen LogP contribution in [0.2, 0.25) is 0 Å². The smallest absolute Gasteiger partial charge is 0.253 e. The van der Waals surface area contributed by atoms with Gasteiger partial charge in [-0.2, -0.15) is 0 Å². The summed E-state index contributed by atoms with van der Waals surface area (Å²) >= 11 is 0. The number of hydrogen-bond donors (Lipinski definition) is 2. The summed E-state index contributed by atoms with van der Waals surface area (Å²) in [6.45, 7) is 1.10. The largest absolute Gasteiger partial charge is 0.497 e. The lowest BCUT2D eigenvalue weighted by Crippen LogP contribution is -2.43. The number of amides is 2. The number of nitrogens with one attached hydrogen (secondary N) is 2. The summed E-state index contributed by atoms with van der Waals surface area (Å²) in [6, 6.07) is 14.9. The summed E-state index contributed by atoms with van der Waals surface area (Å²) in [5.41, 5.74) is 2.36. The SMILES string of the molecule is COc1cccc(NC(=O)C2CCCN(C(=O)c3ccc4[nH]ccc4c3)C2)c1. The number of anilines is 1. The van der Waals surface area contributed by atoms with Crippen molar-refractivity contribution in [3.63, 3.8) is 0 Å². The first-order chi connectivity index (χ1) is 13.6. The van der Waals surface area contributed by atoms with Crippen LogP contribution < -0.4 is 10.1 Å². The molecule has 2 amide bonds. The van der Waals surface area contributed by atoms with Gasteiger partial charge in [0.15, 0.2) is 0 Å². The van der Waals surface area contributed by atoms with Crippen LogP contribution in [-0.2, 0) is 4.79 Å². The zero-order valence-corrected chi connectivity index (χ0v) is 15.8. The summed E-state index contributed by atoms with van der Waals surface area (Å²) in [6.07, 6.45) is 3.45. The Bertz CT molecular complexity index is 1010. The minimum atomic E-state index is -0.222. The number of benzene rings is 2. The zero-order chi connectivity index (χ0) is 19.5. The fraction of sp³-hybridized carbons (Fsp3) is 0.273. The van der Waals surface area contributed by atoms with E-state index in [0.29, 0.717) is 30.1 Å². The van der Waals surface area contributed by atoms with Gasteiger partial charge in [-0.15, -0.1) is 0 Å². The van der Waals surface area contributed by atoms with Crippen molar-refractivity contribution in [2.75, 3.05) is 25.5 Å². The van der Waals surface area contributed by atoms with Gasteiger partial charge >= 0.3 is 0 Å². The van der Waals surface area contributed by atoms with Crippen molar-refractivity contribution in [2.45, 2.75) is 12.8 Å². The molecule has 1 atom stereocenters. The van der Waals surface area contributed by atoms with Crippen LogP contribution in [0.1, 0.15) is 23.2 Å². The van der Waals surface area contributed by atoms with Crippen LogP contribution in [0.15, 0.2) is 54.7 Å². The van der Waals surface area contributed by atoms with E-state index in [1.165, 1.54) is 0 Å². The number of aromatic amines is 1. The monoisotopic (exact) mass is 377 g/mol. The molecule has 2 aromatic carbocycles. The lowest BCUT2D eigenvalue weighted by molar-refractivity contribution is -0.121. The summed E-state index contributed by atoms with van der Waals surface area (Å²) in [5.74, 6) is 0.382. The van der Waals surface area contributed by atoms with Crippen LogP contribution in [0.3, 0.4) is 0 Å². The highest BCUT2D eigenvalue weighted by molar-refractivity contribution is 5.99. The molecule has 1 unspecified atom stereocenters. The standard InChI is InChI=1S/C22H23N3O3/c1-28-19-6-2-5-18(13-19)24-21(26)17-4-3-11-25(14-17)22(27)16-7-8-20-15(12-16)9-10-23-20/h2,5-10,12-13,17,23H,3-4,11,14H2,1H3,(H,24,26). The first-order valence-electron chi connectivity index (χ1n) is 9.45. The second kappa shape index (κ2) is 7.76. The molecule has 0 radical (unpaired) electrons. The number of likely N-dealkylation sites (tertiary alicyclic amines) is 1. The third-order valence-corrected chi connectivity index (χ3v) is 5.22. The van der Waals surface area contributed by atoms with Gasteiger partial charge in [0, 0.05) is 47.5 Å². The van der Waals surface area contributed by atoms with Gasteiger partial charge in [-0.25, -0.2) is 0 Å². The first kappa shape index (κ1) is 18.1. The van der Waals surface area contributed by atoms with E-state index in [0.717, 1.165) is 23.7 Å². The first-order valence-corrected chi connectivity index (χ1v) is 9.45. The number of H-pyrrole nitrogens is 1. The fourth-order valence-corrected chi connectivity index (χ4v) is 3.69. The fourth-order valence-electron chi connectivity index (χ4n) is 3.69. The van der Waals surface area contributed by atoms with Gasteiger partial charge in [0.05, 0.1) is 13.0 Å². The molecule has 1 aliphatic heterocycles. The Morgan fingerprint density at radius 3 is 2.93 bits per heavy atom. The molecular formula is C22H23N3O3. The predicted octanol–water partition coefficient (Wildman–Crippen LogP) is 3.67. The maximum absolute atomic E-state index is 12.9. The number of carbonyl (C=O) groups excluding carboxylic acids is 2. The Kier molecular flexibility index (Phi) is 5.02. The van der Waals surface area contributed by atoms with Crippen LogP contribution in [0.25, 0.3) is 10.9 Å². The van der Waals surface area contributed by atoms with E-state index < -0.39 is 0 Å². The molecule has 2 heterocycles. The number of aromatic nitrogens is 1. The number of piperidine rings is 1. The molecule has 4 rings (SSSR count). The van der Waals surface area contributed by atoms with Crippen molar-refractivity contribution >= 4 is 28.4 Å². The highest BCUT2D eigenvalue weighted by Gasteiger charge is 2.29. The van der Waals surface area contributed by atoms with E-state index >= 15 is 0 Å². The molecule has 0 bridgehead atoms. The highest BCUT2D eigenvalue weighted by atomic mass is 16.5. The average molecular weight is 377 g/mol. The zero-order valence-electron chi connectivity index (χ0n) is 15.8. The van der Waals surface area contributed by atoms with Crippen molar-refractivity contribution < 1.29 is 14.3 Å². The third kappa shape index (κ3) is 3.71. The lowest BCUT2D eigenvalue weighted by atomic mass is 9.96. The molecule has 1 fully saturated rings. The summed E-state index contributed by atoms with van der Waals surface area (Å²) < 4.78 is 5.20. The molecule has 0 aliphatic carbocycles. The predicted molar refractivity (Wildman–Crippen MR) is 109 cm³/mol. The lowest BCUT2D eigenvalue weighted by Gasteiger charge is -2.32. The molecule has 28 heavy (non-hydrogen) atoms. The number of nitrogens with zero attached hydrogens (tertiary/aromatic N) is 1. The normalized spacial score (nSPS) is 16.8. The van der Waals surface area contributed by atoms with E-state index in [-0.39, 0.29) is 17.7 Å². The number of hydrogen-bond acceptors (Lipinski definition) is 3. The van der Waals surface area contributed by atoms with Crippen LogP contribution in [0.5, 0.6) is 5.75 Å². The summed E-state index contributed by atoms with van der Waals surface area (Å²) in [4.78, 5) is 30.6. The van der Waals surface area contributed by atoms with Crippen LogP contribution >= 0.6 is 0 Å². The van der Waals surface area contributed by atoms with Crippen molar-refractivity contribution in [3.05, 3.63) is 60.3 Å². The molecule has 1 aliphatic rings. The Hall–Kier alpha value is -3.28. The Labute approximate surface area is 163 Å². The molecule has 6 nitrogen and oxygen atoms in total.